The van der Waals surface area contributed by atoms with Gasteiger partial charge in [0, 0.05) is 25.7 Å². The van der Waals surface area contributed by atoms with Crippen LogP contribution in [0.3, 0.4) is 0 Å². The Labute approximate surface area is 651 Å². The third kappa shape index (κ3) is 78.7. The Hall–Kier alpha value is -1.94. The molecule has 3 N–H and O–H groups in total. The van der Waals surface area contributed by atoms with Gasteiger partial charge in [-0.05, 0) is 43.4 Å². The molecule has 0 aliphatic heterocycles. The van der Waals surface area contributed by atoms with E-state index in [2.05, 4.69) is 48.5 Å². The van der Waals surface area contributed by atoms with Gasteiger partial charge in [-0.1, -0.05) is 408 Å². The minimum atomic E-state index is -4.97. The summed E-state index contributed by atoms with van der Waals surface area (Å²) in [6, 6.07) is 0. The van der Waals surface area contributed by atoms with Crippen LogP contribution in [0.5, 0.6) is 0 Å². The highest BCUT2D eigenvalue weighted by molar-refractivity contribution is 7.47. The first-order valence-electron chi connectivity index (χ1n) is 44.9. The van der Waals surface area contributed by atoms with Crippen molar-refractivity contribution in [1.82, 2.24) is 0 Å². The number of hydrogen-bond acceptors (Lipinski definition) is 15. The highest BCUT2D eigenvalue weighted by Crippen LogP contribution is 2.45. The number of hydrogen-bond donors (Lipinski definition) is 3. The van der Waals surface area contributed by atoms with Crippen molar-refractivity contribution in [1.29, 1.82) is 0 Å². The van der Waals surface area contributed by atoms with Crippen molar-refractivity contribution in [2.75, 3.05) is 39.6 Å². The summed E-state index contributed by atoms with van der Waals surface area (Å²) in [5, 5.41) is 10.7. The zero-order valence-corrected chi connectivity index (χ0v) is 71.7. The van der Waals surface area contributed by atoms with Crippen LogP contribution in [0.1, 0.15) is 459 Å². The van der Waals surface area contributed by atoms with Crippen LogP contribution in [0.2, 0.25) is 0 Å². The number of carbonyl (C=O) groups excluding carboxylic acids is 4. The highest BCUT2D eigenvalue weighted by Gasteiger charge is 2.31. The fourth-order valence-corrected chi connectivity index (χ4v) is 15.1. The quantitative estimate of drug-likeness (QED) is 0.0222. The average Bonchev–Trinajstić information content (AvgIpc) is 0.902. The number of phosphoric acid groups is 2. The lowest BCUT2D eigenvalue weighted by molar-refractivity contribution is -0.161. The molecule has 0 bridgehead atoms. The van der Waals surface area contributed by atoms with Gasteiger partial charge in [0.2, 0.25) is 0 Å². The van der Waals surface area contributed by atoms with Gasteiger partial charge in [0.1, 0.15) is 19.3 Å². The van der Waals surface area contributed by atoms with Crippen molar-refractivity contribution in [3.63, 3.8) is 0 Å². The zero-order chi connectivity index (χ0) is 77.9. The summed E-state index contributed by atoms with van der Waals surface area (Å²) >= 11 is 0. The van der Waals surface area contributed by atoms with E-state index < -0.39 is 97.5 Å². The van der Waals surface area contributed by atoms with Crippen LogP contribution >= 0.6 is 15.6 Å². The van der Waals surface area contributed by atoms with Crippen molar-refractivity contribution in [2.45, 2.75) is 478 Å². The van der Waals surface area contributed by atoms with Crippen LogP contribution in [-0.4, -0.2) is 96.7 Å². The second kappa shape index (κ2) is 77.0. The second-order valence-corrected chi connectivity index (χ2v) is 35.4. The predicted octanol–water partition coefficient (Wildman–Crippen LogP) is 26.5. The van der Waals surface area contributed by atoms with Gasteiger partial charge >= 0.3 is 39.5 Å². The third-order valence-corrected chi connectivity index (χ3v) is 22.6. The van der Waals surface area contributed by atoms with E-state index in [1.54, 1.807) is 0 Å². The molecule has 0 radical (unpaired) electrons. The maximum absolute atomic E-state index is 13.2. The first-order valence-corrected chi connectivity index (χ1v) is 47.9. The maximum Gasteiger partial charge on any atom is 0.472 e. The molecule has 19 heteroatoms. The molecule has 0 saturated carbocycles. The summed E-state index contributed by atoms with van der Waals surface area (Å²) in [5.74, 6) is 0.278. The summed E-state index contributed by atoms with van der Waals surface area (Å²) in [4.78, 5) is 73.3. The molecule has 0 aliphatic carbocycles. The van der Waals surface area contributed by atoms with Gasteiger partial charge in [0.25, 0.3) is 0 Å². The first kappa shape index (κ1) is 104. The minimum absolute atomic E-state index is 0.106. The van der Waals surface area contributed by atoms with E-state index in [-0.39, 0.29) is 25.7 Å². The molecule has 0 saturated heterocycles. The lowest BCUT2D eigenvalue weighted by Gasteiger charge is -2.21. The second-order valence-electron chi connectivity index (χ2n) is 32.5. The number of aliphatic hydroxyl groups excluding tert-OH is 1. The molecule has 0 amide bonds. The standard InChI is InChI=1S/C87H170O17P2/c1-8-10-11-12-13-14-15-16-17-18-22-25-28-31-40-47-54-61-68-84(89)97-74-82(103-86(91)70-63-56-49-42-32-29-26-23-20-19-21-24-27-30-39-46-53-60-67-80(7)9-2)76-101-105(93,94)99-72-81(88)73-100-106(95,96)102-77-83(104-87(92)71-64-57-50-43-36-34-38-45-52-59-66-79(5)6)75-98-85(90)69-62-55-48-41-35-33-37-44-51-58-65-78(3)4/h78-83,88H,8-77H2,1-7H3,(H,93,94)(H,95,96)/t80?,81-,82-,83-/m1/s1. The molecule has 0 aliphatic rings. The summed E-state index contributed by atoms with van der Waals surface area (Å²) in [6.45, 7) is 12.0. The number of aliphatic hydroxyl groups is 1. The molecular formula is C87H170O17P2. The van der Waals surface area contributed by atoms with Gasteiger partial charge in [-0.3, -0.25) is 37.3 Å². The minimum Gasteiger partial charge on any atom is -0.462 e. The van der Waals surface area contributed by atoms with Crippen LogP contribution in [0.4, 0.5) is 0 Å². The molecule has 0 aromatic rings. The molecule has 106 heavy (non-hydrogen) atoms. The van der Waals surface area contributed by atoms with Gasteiger partial charge in [-0.2, -0.15) is 0 Å². The predicted molar refractivity (Wildman–Crippen MR) is 437 cm³/mol. The van der Waals surface area contributed by atoms with E-state index in [0.29, 0.717) is 25.7 Å². The van der Waals surface area contributed by atoms with Crippen molar-refractivity contribution < 1.29 is 80.2 Å². The summed E-state index contributed by atoms with van der Waals surface area (Å²) in [6.07, 6.45) is 68.0. The van der Waals surface area contributed by atoms with Crippen molar-refractivity contribution in [2.24, 2.45) is 17.8 Å². The van der Waals surface area contributed by atoms with Gasteiger partial charge in [0.05, 0.1) is 26.4 Å². The number of carbonyl (C=O) groups is 4. The molecule has 17 nitrogen and oxygen atoms in total. The number of unbranched alkanes of at least 4 members (excludes halogenated alkanes) is 52. The fourth-order valence-electron chi connectivity index (χ4n) is 13.5. The average molecular weight is 1550 g/mol. The lowest BCUT2D eigenvalue weighted by Crippen LogP contribution is -2.30. The van der Waals surface area contributed by atoms with E-state index >= 15 is 0 Å². The number of ether oxygens (including phenoxy) is 4. The molecule has 630 valence electrons. The van der Waals surface area contributed by atoms with E-state index in [1.165, 1.54) is 270 Å². The summed E-state index contributed by atoms with van der Waals surface area (Å²) in [7, 11) is -9.93. The topological polar surface area (TPSA) is 237 Å². The van der Waals surface area contributed by atoms with E-state index in [9.17, 15) is 43.2 Å². The van der Waals surface area contributed by atoms with Crippen LogP contribution in [0.15, 0.2) is 0 Å². The lowest BCUT2D eigenvalue weighted by atomic mass is 9.99. The van der Waals surface area contributed by atoms with Crippen molar-refractivity contribution in [3.05, 3.63) is 0 Å². The Morgan fingerprint density at radius 2 is 0.481 bits per heavy atom. The number of phosphoric ester groups is 2. The molecule has 0 heterocycles. The zero-order valence-electron chi connectivity index (χ0n) is 69.9. The number of rotatable bonds is 85. The first-order chi connectivity index (χ1) is 51.3. The van der Waals surface area contributed by atoms with Crippen LogP contribution in [0.25, 0.3) is 0 Å². The van der Waals surface area contributed by atoms with Gasteiger partial charge in [-0.15, -0.1) is 0 Å². The Balaban J connectivity index is 5.24. The monoisotopic (exact) mass is 1550 g/mol. The SMILES string of the molecule is CCCCCCCCCCCCCCCCCCCCC(=O)OC[C@H](COP(=O)(O)OC[C@@H](O)COP(=O)(O)OC[C@@H](COC(=O)CCCCCCCCCCCCC(C)C)OC(=O)CCCCCCCCCCCCC(C)C)OC(=O)CCCCCCCCCCCCCCCCCCCCC(C)CC. The molecule has 0 fully saturated rings. The van der Waals surface area contributed by atoms with E-state index in [4.69, 9.17) is 37.0 Å². The molecule has 0 aromatic carbocycles. The molecule has 0 rings (SSSR count). The fraction of sp³-hybridized carbons (Fsp3) is 0.954. The van der Waals surface area contributed by atoms with Crippen molar-refractivity contribution in [3.8, 4) is 0 Å². The van der Waals surface area contributed by atoms with Gasteiger partial charge in [-0.25, -0.2) is 9.13 Å². The summed E-state index contributed by atoms with van der Waals surface area (Å²) < 4.78 is 68.9. The largest absolute Gasteiger partial charge is 0.472 e. The van der Waals surface area contributed by atoms with Crippen LogP contribution in [0, 0.1) is 17.8 Å². The molecule has 0 aromatic heterocycles. The van der Waals surface area contributed by atoms with Crippen LogP contribution < -0.4 is 0 Å². The van der Waals surface area contributed by atoms with E-state index in [0.717, 1.165) is 108 Å². The van der Waals surface area contributed by atoms with Crippen molar-refractivity contribution >= 4 is 39.5 Å². The smallest absolute Gasteiger partial charge is 0.462 e. The molecule has 6 atom stereocenters. The third-order valence-electron chi connectivity index (χ3n) is 20.7. The summed E-state index contributed by atoms with van der Waals surface area (Å²) in [5.41, 5.74) is 0. The van der Waals surface area contributed by atoms with E-state index in [1.807, 2.05) is 0 Å². The van der Waals surface area contributed by atoms with Gasteiger partial charge in [0.15, 0.2) is 12.2 Å². The maximum atomic E-state index is 13.2. The van der Waals surface area contributed by atoms with Crippen LogP contribution in [-0.2, 0) is 65.4 Å². The molecule has 3 unspecified atom stereocenters. The number of esters is 4. The Kier molecular flexibility index (Phi) is 75.6. The Morgan fingerprint density at radius 1 is 0.274 bits per heavy atom. The van der Waals surface area contributed by atoms with Gasteiger partial charge < -0.3 is 33.8 Å². The Bertz CT molecular complexity index is 2050. The Morgan fingerprint density at radius 3 is 0.717 bits per heavy atom. The molecular weight excluding hydrogens is 1380 g/mol. The molecule has 0 spiro atoms. The normalized spacial score (nSPS) is 14.1. The highest BCUT2D eigenvalue weighted by atomic mass is 31.2.